The molecule has 1 saturated heterocycles. The van der Waals surface area contributed by atoms with Crippen LogP contribution in [0, 0.1) is 13.5 Å². The number of nitrogens with zero attached hydrogens (tertiary/aromatic N) is 4. The molecule has 1 aliphatic rings. The van der Waals surface area contributed by atoms with Crippen molar-refractivity contribution in [3.05, 3.63) is 187 Å². The SMILES string of the molecule is C.C.CC(=O)O.CCOC(=O)Nc1ccc(N(Cc2cc[c-]cc2)C(=O)OC(C)(C)C)cc1NC(=O)OC(C)(C)C.CCOC(=O)Nc1ccc(N(Cc2ccc(B3OC(C)(C)C(C)(C)O3)cc2)C(=O)OC(C)(C)C)cc1NC(=O)OC(C)(C)C.COc1ccc(S(=O)(=O)[N-]c2cccc3ccc4cccnc4c23)cc1.[CH3-].[Pd+2].[Pd]. The van der Waals surface area contributed by atoms with Gasteiger partial charge in [0.05, 0.1) is 71.2 Å². The number of ether oxygens (including phenoxy) is 7. The Hall–Kier alpha value is -9.84. The second-order valence-corrected chi connectivity index (χ2v) is 31.2. The number of carbonyl (C=O) groups excluding carboxylic acids is 6. The van der Waals surface area contributed by atoms with Gasteiger partial charge in [-0.25, -0.2) is 37.2 Å². The Morgan fingerprint density at radius 2 is 0.956 bits per heavy atom. The van der Waals surface area contributed by atoms with Crippen LogP contribution in [0.15, 0.2) is 163 Å². The third-order valence-corrected chi connectivity index (χ3v) is 16.6. The third-order valence-electron chi connectivity index (χ3n) is 15.3. The van der Waals surface area contributed by atoms with Gasteiger partial charge in [0.25, 0.3) is 5.97 Å². The Bertz CT molecular complexity index is 4590. The molecule has 9 rings (SSSR count). The minimum absolute atomic E-state index is 0. The Balaban J connectivity index is 0.000000838. The van der Waals surface area contributed by atoms with Crippen molar-refractivity contribution in [2.24, 2.45) is 0 Å². The van der Waals surface area contributed by atoms with Crippen LogP contribution in [0.4, 0.5) is 68.6 Å². The summed E-state index contributed by atoms with van der Waals surface area (Å²) in [7, 11) is -2.84. The first-order valence-corrected chi connectivity index (χ1v) is 36.4. The smallest absolute Gasteiger partial charge is 0.572 e. The van der Waals surface area contributed by atoms with Gasteiger partial charge in [0.15, 0.2) is 0 Å². The molecule has 0 radical (unpaired) electrons. The van der Waals surface area contributed by atoms with E-state index in [1.165, 1.54) is 29.0 Å². The molecular weight excluding hydrogens is 1670 g/mol. The van der Waals surface area contributed by atoms with Gasteiger partial charge < -0.3 is 59.7 Å². The molecule has 1 aromatic heterocycles. The molecule has 27 nitrogen and oxygen atoms in total. The zero-order chi connectivity index (χ0) is 81.0. The van der Waals surface area contributed by atoms with Gasteiger partial charge in [-0.05, 0) is 213 Å². The molecule has 1 aliphatic heterocycles. The van der Waals surface area contributed by atoms with E-state index in [0.717, 1.165) is 45.2 Å². The molecule has 0 spiro atoms. The molecule has 0 atom stereocenters. The van der Waals surface area contributed by atoms with E-state index in [9.17, 15) is 37.2 Å². The van der Waals surface area contributed by atoms with Gasteiger partial charge in [-0.2, -0.15) is 30.3 Å². The van der Waals surface area contributed by atoms with E-state index < -0.39 is 93.3 Å². The fourth-order valence-corrected chi connectivity index (χ4v) is 10.9. The van der Waals surface area contributed by atoms with Crippen molar-refractivity contribution in [3.63, 3.8) is 0 Å². The number of sulfonamides is 1. The molecule has 0 bridgehead atoms. The molecule has 31 heteroatoms. The second kappa shape index (κ2) is 44.2. The molecule has 2 heterocycles. The number of rotatable bonds is 17. The van der Waals surface area contributed by atoms with Gasteiger partial charge >= 0.3 is 64.1 Å². The van der Waals surface area contributed by atoms with Crippen LogP contribution < -0.4 is 41.3 Å². The van der Waals surface area contributed by atoms with E-state index in [-0.39, 0.29) is 117 Å². The monoisotopic (exact) mass is 1780 g/mol. The van der Waals surface area contributed by atoms with Crippen molar-refractivity contribution >= 4 is 127 Å². The maximum Gasteiger partial charge on any atom is 2.00 e. The summed E-state index contributed by atoms with van der Waals surface area (Å²) in [5, 5.41) is 20.5. The van der Waals surface area contributed by atoms with E-state index in [1.807, 2.05) is 94.4 Å². The largest absolute Gasteiger partial charge is 2.00 e. The number of hydrogen-bond acceptors (Lipinski definition) is 19. The van der Waals surface area contributed by atoms with Crippen LogP contribution in [0.25, 0.3) is 26.4 Å². The standard InChI is InChI=1S/C32H46BN3O8.C26H34N3O6.C20H15N2O3S.C2H4O2.2CH4.CH3.2Pd/c1-12-40-26(37)34-24-18-17-23(19-25(24)35-27(38)41-29(2,3)4)36(28(39)42-30(5,6)7)20-21-13-15-22(16-14-21)33-43-31(8,9)32(10,11)44-33;1-8-33-22(30)27-20-15-14-19(16-21(20)28-23(31)34-25(2,3)4)29(24(32)35-26(5,6)7)17-18-12-10-9-11-13-18;1-25-16-9-11-17(12-10-16)26(23,24)22-18-6-2-4-14-7-8-15-5-3-13-21-20(15)19(14)18;1-2(3)4;;;;;/h13-19H,12,20H2,1-11H3,(H,34,37)(H,35,38);10-16H,8,17H2,1-7H3,(H,27,30)(H,28,31);2-13H,1H3;1H3,(H,3,4);2*1H4;1H3;;/q;2*-1;;;;-1;;+2. The van der Waals surface area contributed by atoms with Gasteiger partial charge in [-0.3, -0.25) is 40.8 Å². The maximum absolute atomic E-state index is 13.5. The maximum atomic E-state index is 13.5. The van der Waals surface area contributed by atoms with E-state index in [1.54, 1.807) is 176 Å². The van der Waals surface area contributed by atoms with Crippen molar-refractivity contribution in [1.82, 2.24) is 4.98 Å². The van der Waals surface area contributed by atoms with E-state index in [0.29, 0.717) is 22.8 Å². The summed E-state index contributed by atoms with van der Waals surface area (Å²) >= 11 is 0. The number of carboxylic acid groups (broad SMARTS) is 1. The zero-order valence-corrected chi connectivity index (χ0v) is 71.0. The number of amides is 6. The summed E-state index contributed by atoms with van der Waals surface area (Å²) < 4.78 is 79.1. The number of nitrogens with one attached hydrogen (secondary N) is 4. The molecular formula is C83H110BN8O19Pd2S-. The first-order chi connectivity index (χ1) is 50.8. The minimum Gasteiger partial charge on any atom is -0.572 e. The molecule has 6 amide bonds. The number of benzene rings is 7. The van der Waals surface area contributed by atoms with Crippen LogP contribution in [-0.2, 0) is 106 Å². The van der Waals surface area contributed by atoms with Crippen molar-refractivity contribution in [3.8, 4) is 5.75 Å². The summed E-state index contributed by atoms with van der Waals surface area (Å²) in [6.07, 6.45) is -2.30. The Morgan fingerprint density at radius 3 is 1.37 bits per heavy atom. The number of carbonyl (C=O) groups is 7. The number of hydrogen-bond donors (Lipinski definition) is 5. The summed E-state index contributed by atoms with van der Waals surface area (Å²) in [6.45, 7) is 34.3. The van der Waals surface area contributed by atoms with Gasteiger partial charge in [0.1, 0.15) is 38.2 Å². The Labute approximate surface area is 699 Å². The van der Waals surface area contributed by atoms with Crippen LogP contribution in [0.3, 0.4) is 0 Å². The molecule has 0 unspecified atom stereocenters. The molecule has 0 aliphatic carbocycles. The third kappa shape index (κ3) is 32.2. The van der Waals surface area contributed by atoms with Crippen LogP contribution in [0.1, 0.15) is 158 Å². The number of fused-ring (bicyclic) bond motifs is 3. The average Bonchev–Trinajstić information content (AvgIpc) is 1.53. The number of aromatic nitrogens is 1. The average molecular weight is 1780 g/mol. The summed E-state index contributed by atoms with van der Waals surface area (Å²) in [5.41, 5.74) is 1.52. The summed E-state index contributed by atoms with van der Waals surface area (Å²) in [4.78, 5) is 92.5. The van der Waals surface area contributed by atoms with Crippen molar-refractivity contribution in [2.45, 2.75) is 198 Å². The molecule has 0 saturated carbocycles. The normalized spacial score (nSPS) is 12.4. The molecule has 1 fully saturated rings. The van der Waals surface area contributed by atoms with Gasteiger partial charge in [0.2, 0.25) is 0 Å². The van der Waals surface area contributed by atoms with Crippen LogP contribution in [-0.4, -0.2) is 122 Å². The van der Waals surface area contributed by atoms with Crippen molar-refractivity contribution in [2.75, 3.05) is 51.4 Å². The van der Waals surface area contributed by atoms with Gasteiger partial charge in [-0.15, -0.1) is 11.3 Å². The number of carboxylic acids is 1. The molecule has 114 heavy (non-hydrogen) atoms. The first-order valence-electron chi connectivity index (χ1n) is 34.9. The Kier molecular flexibility index (Phi) is 39.6. The summed E-state index contributed by atoms with van der Waals surface area (Å²) in [6, 6.07) is 46.6. The zero-order valence-electron chi connectivity index (χ0n) is 67.0. The van der Waals surface area contributed by atoms with Crippen molar-refractivity contribution in [1.29, 1.82) is 0 Å². The topological polar surface area (TPSA) is 339 Å². The molecule has 626 valence electrons. The first kappa shape index (κ1) is 102. The Morgan fingerprint density at radius 1 is 0.553 bits per heavy atom. The predicted molar refractivity (Wildman–Crippen MR) is 442 cm³/mol. The quantitative estimate of drug-likeness (QED) is 0.0245. The molecule has 8 aromatic rings. The second-order valence-electron chi connectivity index (χ2n) is 29.6. The molecule has 5 N–H and O–H groups in total. The number of anilines is 6. The van der Waals surface area contributed by atoms with E-state index in [4.69, 9.17) is 52.4 Å². The van der Waals surface area contributed by atoms with Crippen LogP contribution >= 0.6 is 0 Å². The van der Waals surface area contributed by atoms with Crippen molar-refractivity contribution < 1.29 is 130 Å². The van der Waals surface area contributed by atoms with Crippen LogP contribution in [0.5, 0.6) is 5.75 Å². The van der Waals surface area contributed by atoms with Gasteiger partial charge in [-0.1, -0.05) is 75.5 Å². The fourth-order valence-electron chi connectivity index (χ4n) is 9.92. The van der Waals surface area contributed by atoms with E-state index in [2.05, 4.69) is 37.0 Å². The summed E-state index contributed by atoms with van der Waals surface area (Å²) in [5.74, 6) is -0.246. The number of pyridine rings is 1. The number of aliphatic carboxylic acids is 1. The van der Waals surface area contributed by atoms with Crippen LogP contribution in [0.2, 0.25) is 0 Å². The fraction of sp³-hybridized carbons (Fsp3) is 0.386. The number of methoxy groups -OCH3 is 1. The minimum atomic E-state index is -3.86. The predicted octanol–water partition coefficient (Wildman–Crippen LogP) is 19.8. The van der Waals surface area contributed by atoms with Gasteiger partial charge in [0, 0.05) is 56.8 Å². The van der Waals surface area contributed by atoms with E-state index >= 15 is 0 Å². The molecule has 7 aromatic carbocycles.